The fourth-order valence-electron chi connectivity index (χ4n) is 2.41. The molecule has 1 aromatic heterocycles. The monoisotopic (exact) mass is 462 g/mol. The smallest absolute Gasteiger partial charge is 0.255 e. The predicted octanol–water partition coefficient (Wildman–Crippen LogP) is 2.17. The molecule has 146 valence electrons. The molecule has 28 heavy (non-hydrogen) atoms. The van der Waals surface area contributed by atoms with Gasteiger partial charge in [0.1, 0.15) is 5.75 Å². The molecule has 0 atom stereocenters. The van der Waals surface area contributed by atoms with Crippen LogP contribution in [0.2, 0.25) is 0 Å². The number of hydrogen-bond acceptors (Lipinski definition) is 7. The van der Waals surface area contributed by atoms with Crippen LogP contribution in [0.1, 0.15) is 5.56 Å². The third kappa shape index (κ3) is 5.78. The highest BCUT2D eigenvalue weighted by Gasteiger charge is 2.09. The van der Waals surface area contributed by atoms with E-state index >= 15 is 0 Å². The molecule has 10 heteroatoms. The summed E-state index contributed by atoms with van der Waals surface area (Å²) in [5, 5.41) is 16.0. The summed E-state index contributed by atoms with van der Waals surface area (Å²) in [5.74, 6) is 0.920. The fraction of sp³-hybridized carbons (Fsp3) is 0.222. The van der Waals surface area contributed by atoms with E-state index in [-0.39, 0.29) is 6.61 Å². The number of para-hydroxylation sites is 1. The first-order valence-corrected chi connectivity index (χ1v) is 10.3. The molecule has 3 aromatic rings. The number of carbonyl (C=O) groups excluding carboxylic acids is 1. The summed E-state index contributed by atoms with van der Waals surface area (Å²) in [6.07, 6.45) is 0. The van der Waals surface area contributed by atoms with E-state index in [4.69, 9.17) is 10.5 Å². The molecule has 3 N–H and O–H groups in total. The lowest BCUT2D eigenvalue weighted by molar-refractivity contribution is -0.119. The molecule has 0 bridgehead atoms. The Labute approximate surface area is 175 Å². The van der Waals surface area contributed by atoms with Gasteiger partial charge in [-0.3, -0.25) is 4.79 Å². The number of nitrogens with one attached hydrogen (secondary N) is 1. The average Bonchev–Trinajstić information content (AvgIpc) is 3.16. The second-order valence-electron chi connectivity index (χ2n) is 5.74. The van der Waals surface area contributed by atoms with Crippen LogP contribution in [-0.2, 0) is 11.3 Å². The van der Waals surface area contributed by atoms with Crippen LogP contribution in [0.25, 0.3) is 5.69 Å². The van der Waals surface area contributed by atoms with E-state index in [0.717, 1.165) is 33.2 Å². The standard InChI is InChI=1S/C18H19BrN6O2S/c19-14-6-7-16(27-12-17(20)26)13(10-14)11-21-8-9-28-18-22-23-24-25(18)15-4-2-1-3-5-15/h1-7,10,21H,8-9,11-12H2,(H2,20,26). The van der Waals surface area contributed by atoms with Crippen LogP contribution in [0.5, 0.6) is 5.75 Å². The molecule has 0 aliphatic heterocycles. The molecule has 0 unspecified atom stereocenters. The van der Waals surface area contributed by atoms with Crippen molar-refractivity contribution in [2.24, 2.45) is 5.73 Å². The third-order valence-electron chi connectivity index (χ3n) is 3.66. The molecule has 3 rings (SSSR count). The number of rotatable bonds is 10. The summed E-state index contributed by atoms with van der Waals surface area (Å²) in [4.78, 5) is 10.9. The van der Waals surface area contributed by atoms with Gasteiger partial charge in [-0.1, -0.05) is 45.9 Å². The minimum Gasteiger partial charge on any atom is -0.483 e. The van der Waals surface area contributed by atoms with E-state index in [2.05, 4.69) is 36.8 Å². The first kappa shape index (κ1) is 20.3. The molecular weight excluding hydrogens is 444 g/mol. The summed E-state index contributed by atoms with van der Waals surface area (Å²) in [5.41, 5.74) is 7.01. The van der Waals surface area contributed by atoms with E-state index in [0.29, 0.717) is 12.3 Å². The van der Waals surface area contributed by atoms with Crippen LogP contribution < -0.4 is 15.8 Å². The lowest BCUT2D eigenvalue weighted by Crippen LogP contribution is -2.21. The Morgan fingerprint density at radius 2 is 2.07 bits per heavy atom. The van der Waals surface area contributed by atoms with Gasteiger partial charge < -0.3 is 15.8 Å². The molecule has 0 aliphatic rings. The number of nitrogens with zero attached hydrogens (tertiary/aromatic N) is 4. The van der Waals surface area contributed by atoms with Crippen molar-refractivity contribution in [3.05, 3.63) is 58.6 Å². The SMILES string of the molecule is NC(=O)COc1ccc(Br)cc1CNCCSc1nnnn1-c1ccccc1. The van der Waals surface area contributed by atoms with Gasteiger partial charge in [-0.25, -0.2) is 0 Å². The lowest BCUT2D eigenvalue weighted by Gasteiger charge is -2.12. The second-order valence-corrected chi connectivity index (χ2v) is 7.72. The number of ether oxygens (including phenoxy) is 1. The van der Waals surface area contributed by atoms with Crippen molar-refractivity contribution in [2.45, 2.75) is 11.7 Å². The molecular formula is C18H19BrN6O2S. The first-order valence-electron chi connectivity index (χ1n) is 8.50. The Kier molecular flexibility index (Phi) is 7.40. The van der Waals surface area contributed by atoms with Gasteiger partial charge in [0.15, 0.2) is 6.61 Å². The van der Waals surface area contributed by atoms with E-state index in [1.807, 2.05) is 48.5 Å². The zero-order valence-electron chi connectivity index (χ0n) is 14.9. The van der Waals surface area contributed by atoms with E-state index in [1.54, 1.807) is 16.4 Å². The van der Waals surface area contributed by atoms with Gasteiger partial charge in [-0.05, 0) is 40.8 Å². The Hall–Kier alpha value is -2.43. The average molecular weight is 463 g/mol. The van der Waals surface area contributed by atoms with Crippen LogP contribution in [-0.4, -0.2) is 45.0 Å². The molecule has 1 heterocycles. The number of carbonyl (C=O) groups is 1. The molecule has 2 aromatic carbocycles. The highest BCUT2D eigenvalue weighted by molar-refractivity contribution is 9.10. The molecule has 0 saturated heterocycles. The van der Waals surface area contributed by atoms with Crippen molar-refractivity contribution in [3.63, 3.8) is 0 Å². The summed E-state index contributed by atoms with van der Waals surface area (Å²) < 4.78 is 8.12. The maximum atomic E-state index is 10.9. The van der Waals surface area contributed by atoms with Gasteiger partial charge in [0.2, 0.25) is 5.16 Å². The number of halogens is 1. The molecule has 0 aliphatic carbocycles. The highest BCUT2D eigenvalue weighted by atomic mass is 79.9. The van der Waals surface area contributed by atoms with Gasteiger partial charge in [-0.2, -0.15) is 4.68 Å². The molecule has 0 radical (unpaired) electrons. The van der Waals surface area contributed by atoms with E-state index < -0.39 is 5.91 Å². The Morgan fingerprint density at radius 3 is 2.86 bits per heavy atom. The Bertz CT molecular complexity index is 921. The van der Waals surface area contributed by atoms with E-state index in [1.165, 1.54) is 0 Å². The normalized spacial score (nSPS) is 10.8. The predicted molar refractivity (Wildman–Crippen MR) is 110 cm³/mol. The number of tetrazole rings is 1. The molecule has 1 amide bonds. The molecule has 8 nitrogen and oxygen atoms in total. The van der Waals surface area contributed by atoms with Gasteiger partial charge in [0, 0.05) is 28.9 Å². The van der Waals surface area contributed by atoms with Crippen molar-refractivity contribution in [3.8, 4) is 11.4 Å². The van der Waals surface area contributed by atoms with Crippen LogP contribution in [0, 0.1) is 0 Å². The maximum Gasteiger partial charge on any atom is 0.255 e. The zero-order valence-corrected chi connectivity index (χ0v) is 17.3. The Morgan fingerprint density at radius 1 is 1.25 bits per heavy atom. The van der Waals surface area contributed by atoms with Gasteiger partial charge in [0.05, 0.1) is 5.69 Å². The molecule has 0 saturated carbocycles. The number of benzene rings is 2. The number of hydrogen-bond donors (Lipinski definition) is 2. The topological polar surface area (TPSA) is 108 Å². The molecule has 0 spiro atoms. The zero-order chi connectivity index (χ0) is 19.8. The van der Waals surface area contributed by atoms with Gasteiger partial charge in [-0.15, -0.1) is 5.10 Å². The van der Waals surface area contributed by atoms with Crippen molar-refractivity contribution in [1.82, 2.24) is 25.5 Å². The Balaban J connectivity index is 1.50. The quantitative estimate of drug-likeness (QED) is 0.351. The van der Waals surface area contributed by atoms with Crippen LogP contribution in [0.3, 0.4) is 0 Å². The van der Waals surface area contributed by atoms with Crippen molar-refractivity contribution < 1.29 is 9.53 Å². The van der Waals surface area contributed by atoms with Gasteiger partial charge >= 0.3 is 0 Å². The van der Waals surface area contributed by atoms with Crippen molar-refractivity contribution in [1.29, 1.82) is 0 Å². The van der Waals surface area contributed by atoms with E-state index in [9.17, 15) is 4.79 Å². The third-order valence-corrected chi connectivity index (χ3v) is 5.07. The summed E-state index contributed by atoms with van der Waals surface area (Å²) in [6, 6.07) is 15.4. The lowest BCUT2D eigenvalue weighted by atomic mass is 10.2. The van der Waals surface area contributed by atoms with Crippen LogP contribution in [0.15, 0.2) is 58.2 Å². The number of aromatic nitrogens is 4. The summed E-state index contributed by atoms with van der Waals surface area (Å²) in [7, 11) is 0. The van der Waals surface area contributed by atoms with Crippen LogP contribution in [0.4, 0.5) is 0 Å². The first-order chi connectivity index (χ1) is 13.6. The highest BCUT2D eigenvalue weighted by Crippen LogP contribution is 2.23. The fourth-order valence-corrected chi connectivity index (χ4v) is 3.61. The minimum atomic E-state index is -0.505. The molecule has 0 fully saturated rings. The number of primary amides is 1. The van der Waals surface area contributed by atoms with Crippen molar-refractivity contribution >= 4 is 33.6 Å². The number of thioether (sulfide) groups is 1. The van der Waals surface area contributed by atoms with Gasteiger partial charge in [0.25, 0.3) is 5.91 Å². The van der Waals surface area contributed by atoms with Crippen molar-refractivity contribution in [2.75, 3.05) is 18.9 Å². The number of nitrogens with two attached hydrogens (primary N) is 1. The maximum absolute atomic E-state index is 10.9. The summed E-state index contributed by atoms with van der Waals surface area (Å²) >= 11 is 5.02. The minimum absolute atomic E-state index is 0.146. The number of amides is 1. The second kappa shape index (κ2) is 10.2. The largest absolute Gasteiger partial charge is 0.483 e. The summed E-state index contributed by atoms with van der Waals surface area (Å²) in [6.45, 7) is 1.19. The van der Waals surface area contributed by atoms with Crippen LogP contribution >= 0.6 is 27.7 Å².